The van der Waals surface area contributed by atoms with Crippen molar-refractivity contribution in [3.8, 4) is 5.75 Å². The van der Waals surface area contributed by atoms with Crippen LogP contribution in [0.4, 0.5) is 11.6 Å². The number of rotatable bonds is 6. The van der Waals surface area contributed by atoms with Crippen LogP contribution >= 0.6 is 0 Å². The number of imidazole rings is 1. The highest BCUT2D eigenvalue weighted by Crippen LogP contribution is 2.25. The Morgan fingerprint density at radius 1 is 1.29 bits per heavy atom. The summed E-state index contributed by atoms with van der Waals surface area (Å²) < 4.78 is 12.6. The molecule has 2 rings (SSSR count). The summed E-state index contributed by atoms with van der Waals surface area (Å²) in [6, 6.07) is 6.16. The largest absolute Gasteiger partial charge is 0.497 e. The maximum absolute atomic E-state index is 5.23. The van der Waals surface area contributed by atoms with Gasteiger partial charge in [-0.3, -0.25) is 0 Å². The molecule has 1 aromatic heterocycles. The number of nitrogens with one attached hydrogen (secondary N) is 1. The molecule has 2 aromatic rings. The van der Waals surface area contributed by atoms with Crippen LogP contribution < -0.4 is 10.1 Å². The van der Waals surface area contributed by atoms with Gasteiger partial charge in [0.15, 0.2) is 0 Å². The molecule has 0 aliphatic carbocycles. The van der Waals surface area contributed by atoms with E-state index in [4.69, 9.17) is 9.47 Å². The van der Waals surface area contributed by atoms with Gasteiger partial charge in [-0.2, -0.15) is 0 Å². The highest BCUT2D eigenvalue weighted by atomic mass is 16.5. The molecule has 0 aliphatic heterocycles. The predicted molar refractivity (Wildman–Crippen MR) is 84.6 cm³/mol. The zero-order valence-corrected chi connectivity index (χ0v) is 13.3. The molecule has 0 radical (unpaired) electrons. The predicted octanol–water partition coefficient (Wildman–Crippen LogP) is 3.46. The van der Waals surface area contributed by atoms with E-state index in [0.717, 1.165) is 28.6 Å². The number of hydrogen-bond donors (Lipinski definition) is 1. The van der Waals surface area contributed by atoms with Crippen LogP contribution in [0.25, 0.3) is 0 Å². The number of benzene rings is 1. The van der Waals surface area contributed by atoms with Crippen molar-refractivity contribution in [2.24, 2.45) is 0 Å². The number of nitrogens with zero attached hydrogens (tertiary/aromatic N) is 2. The van der Waals surface area contributed by atoms with Gasteiger partial charge in [0.2, 0.25) is 5.95 Å². The summed E-state index contributed by atoms with van der Waals surface area (Å²) in [4.78, 5) is 4.56. The molecule has 0 amide bonds. The average Bonchev–Trinajstić information content (AvgIpc) is 2.82. The second kappa shape index (κ2) is 6.63. The van der Waals surface area contributed by atoms with E-state index in [-0.39, 0.29) is 6.04 Å². The van der Waals surface area contributed by atoms with E-state index in [9.17, 15) is 0 Å². The van der Waals surface area contributed by atoms with Gasteiger partial charge in [0.1, 0.15) is 5.75 Å². The standard InChI is InChI=1S/C16H23N3O2/c1-11-8-14(21-5)6-7-15(11)18-16-17-12(2)9-19(16)13(3)10-20-4/h6-9,13H,10H2,1-5H3,(H,17,18). The van der Waals surface area contributed by atoms with Gasteiger partial charge < -0.3 is 19.4 Å². The van der Waals surface area contributed by atoms with Crippen LogP contribution in [-0.2, 0) is 4.74 Å². The number of methoxy groups -OCH3 is 2. The second-order valence-electron chi connectivity index (χ2n) is 5.22. The van der Waals surface area contributed by atoms with E-state index in [0.29, 0.717) is 6.61 Å². The quantitative estimate of drug-likeness (QED) is 0.884. The van der Waals surface area contributed by atoms with E-state index in [1.807, 2.05) is 38.2 Å². The Labute approximate surface area is 125 Å². The molecule has 0 fully saturated rings. The average molecular weight is 289 g/mol. The maximum Gasteiger partial charge on any atom is 0.207 e. The van der Waals surface area contributed by atoms with E-state index in [1.54, 1.807) is 14.2 Å². The third kappa shape index (κ3) is 3.55. The number of aromatic nitrogens is 2. The molecule has 0 saturated carbocycles. The fourth-order valence-electron chi connectivity index (χ4n) is 2.29. The summed E-state index contributed by atoms with van der Waals surface area (Å²) in [6.07, 6.45) is 2.03. The third-order valence-corrected chi connectivity index (χ3v) is 3.42. The molecule has 1 heterocycles. The van der Waals surface area contributed by atoms with Crippen molar-refractivity contribution in [1.29, 1.82) is 0 Å². The molecule has 1 unspecified atom stereocenters. The minimum Gasteiger partial charge on any atom is -0.497 e. The molecule has 21 heavy (non-hydrogen) atoms. The van der Waals surface area contributed by atoms with Crippen molar-refractivity contribution in [3.63, 3.8) is 0 Å². The monoisotopic (exact) mass is 289 g/mol. The lowest BCUT2D eigenvalue weighted by molar-refractivity contribution is 0.163. The van der Waals surface area contributed by atoms with Gasteiger partial charge >= 0.3 is 0 Å². The molecule has 0 spiro atoms. The van der Waals surface area contributed by atoms with Crippen LogP contribution in [0.2, 0.25) is 0 Å². The van der Waals surface area contributed by atoms with Crippen LogP contribution in [-0.4, -0.2) is 30.4 Å². The first-order chi connectivity index (χ1) is 10.0. The lowest BCUT2D eigenvalue weighted by Gasteiger charge is -2.17. The van der Waals surface area contributed by atoms with Gasteiger partial charge in [0.05, 0.1) is 25.5 Å². The van der Waals surface area contributed by atoms with Gasteiger partial charge in [-0.15, -0.1) is 0 Å². The Hall–Kier alpha value is -2.01. The van der Waals surface area contributed by atoms with E-state index < -0.39 is 0 Å². The first kappa shape index (κ1) is 15.4. The number of hydrogen-bond acceptors (Lipinski definition) is 4. The SMILES string of the molecule is COCC(C)n1cc(C)nc1Nc1ccc(OC)cc1C. The number of aryl methyl sites for hydroxylation is 2. The number of anilines is 2. The summed E-state index contributed by atoms with van der Waals surface area (Å²) in [5.41, 5.74) is 3.11. The lowest BCUT2D eigenvalue weighted by Crippen LogP contribution is -2.13. The molecule has 114 valence electrons. The van der Waals surface area contributed by atoms with Gasteiger partial charge in [-0.25, -0.2) is 4.98 Å². The fourth-order valence-corrected chi connectivity index (χ4v) is 2.29. The third-order valence-electron chi connectivity index (χ3n) is 3.42. The van der Waals surface area contributed by atoms with Gasteiger partial charge in [-0.05, 0) is 44.5 Å². The zero-order chi connectivity index (χ0) is 15.4. The van der Waals surface area contributed by atoms with E-state index >= 15 is 0 Å². The highest BCUT2D eigenvalue weighted by molar-refractivity contribution is 5.60. The molecular weight excluding hydrogens is 266 g/mol. The van der Waals surface area contributed by atoms with Gasteiger partial charge in [0.25, 0.3) is 0 Å². The van der Waals surface area contributed by atoms with Crippen LogP contribution in [0.3, 0.4) is 0 Å². The summed E-state index contributed by atoms with van der Waals surface area (Å²) in [5, 5.41) is 3.39. The minimum atomic E-state index is 0.220. The molecule has 5 heteroatoms. The summed E-state index contributed by atoms with van der Waals surface area (Å²) in [5.74, 6) is 1.68. The van der Waals surface area contributed by atoms with Crippen molar-refractivity contribution >= 4 is 11.6 Å². The summed E-state index contributed by atoms with van der Waals surface area (Å²) in [6.45, 7) is 6.79. The van der Waals surface area contributed by atoms with Gasteiger partial charge in [-0.1, -0.05) is 0 Å². The molecule has 1 N–H and O–H groups in total. The smallest absolute Gasteiger partial charge is 0.207 e. The van der Waals surface area contributed by atoms with Crippen LogP contribution in [0.1, 0.15) is 24.2 Å². The Kier molecular flexibility index (Phi) is 4.85. The van der Waals surface area contributed by atoms with Crippen molar-refractivity contribution < 1.29 is 9.47 Å². The molecule has 0 bridgehead atoms. The number of ether oxygens (including phenoxy) is 2. The molecular formula is C16H23N3O2. The Morgan fingerprint density at radius 2 is 2.05 bits per heavy atom. The van der Waals surface area contributed by atoms with E-state index in [2.05, 4.69) is 21.8 Å². The molecule has 0 aliphatic rings. The molecule has 5 nitrogen and oxygen atoms in total. The molecule has 1 aromatic carbocycles. The van der Waals surface area contributed by atoms with Crippen molar-refractivity contribution in [2.45, 2.75) is 26.8 Å². The van der Waals surface area contributed by atoms with Crippen molar-refractivity contribution in [3.05, 3.63) is 35.7 Å². The Morgan fingerprint density at radius 3 is 2.67 bits per heavy atom. The highest BCUT2D eigenvalue weighted by Gasteiger charge is 2.13. The first-order valence-electron chi connectivity index (χ1n) is 7.01. The van der Waals surface area contributed by atoms with E-state index in [1.165, 1.54) is 0 Å². The minimum absolute atomic E-state index is 0.220. The van der Waals surface area contributed by atoms with Crippen LogP contribution in [0, 0.1) is 13.8 Å². The zero-order valence-electron chi connectivity index (χ0n) is 13.3. The molecule has 0 saturated heterocycles. The second-order valence-corrected chi connectivity index (χ2v) is 5.22. The van der Waals surface area contributed by atoms with Crippen molar-refractivity contribution in [1.82, 2.24) is 9.55 Å². The van der Waals surface area contributed by atoms with Crippen molar-refractivity contribution in [2.75, 3.05) is 26.1 Å². The van der Waals surface area contributed by atoms with Gasteiger partial charge in [0, 0.05) is 19.0 Å². The summed E-state index contributed by atoms with van der Waals surface area (Å²) in [7, 11) is 3.38. The summed E-state index contributed by atoms with van der Waals surface area (Å²) >= 11 is 0. The molecule has 1 atom stereocenters. The topological polar surface area (TPSA) is 48.3 Å². The Bertz CT molecular complexity index is 608. The fraction of sp³-hybridized carbons (Fsp3) is 0.438. The Balaban J connectivity index is 2.27. The normalized spacial score (nSPS) is 12.2. The maximum atomic E-state index is 5.23. The van der Waals surface area contributed by atoms with Crippen LogP contribution in [0.15, 0.2) is 24.4 Å². The lowest BCUT2D eigenvalue weighted by atomic mass is 10.2. The first-order valence-corrected chi connectivity index (χ1v) is 7.01. The van der Waals surface area contributed by atoms with Crippen LogP contribution in [0.5, 0.6) is 5.75 Å².